The van der Waals surface area contributed by atoms with Gasteiger partial charge >= 0.3 is 0 Å². The standard InChI is InChI=1S/C25H29N3O5/c1-17(21-8-5-13-33-21)26(2)25(31)24-20-9-10-27(16-18-6-4-7-19(29)14-18)11-12-28(20)23(30)15-22(24)32-3/h4-8,13-15,17,29H,9-12,16H2,1-3H3. The summed E-state index contributed by atoms with van der Waals surface area (Å²) < 4.78 is 12.7. The van der Waals surface area contributed by atoms with E-state index in [1.54, 1.807) is 41.0 Å². The third-order valence-electron chi connectivity index (χ3n) is 6.29. The number of aromatic hydroxyl groups is 1. The van der Waals surface area contributed by atoms with E-state index in [1.807, 2.05) is 25.1 Å². The molecule has 0 saturated heterocycles. The van der Waals surface area contributed by atoms with Gasteiger partial charge in [0.15, 0.2) is 0 Å². The zero-order valence-electron chi connectivity index (χ0n) is 19.2. The molecule has 1 amide bonds. The summed E-state index contributed by atoms with van der Waals surface area (Å²) in [5, 5.41) is 9.77. The number of pyridine rings is 1. The van der Waals surface area contributed by atoms with E-state index in [0.717, 1.165) is 5.56 Å². The third-order valence-corrected chi connectivity index (χ3v) is 6.29. The van der Waals surface area contributed by atoms with Gasteiger partial charge in [-0.3, -0.25) is 14.5 Å². The van der Waals surface area contributed by atoms with E-state index < -0.39 is 0 Å². The van der Waals surface area contributed by atoms with Gasteiger partial charge in [-0.1, -0.05) is 12.1 Å². The predicted octanol–water partition coefficient (Wildman–Crippen LogP) is 3.05. The number of phenols is 1. The maximum atomic E-state index is 13.6. The molecule has 0 radical (unpaired) electrons. The smallest absolute Gasteiger partial charge is 0.259 e. The van der Waals surface area contributed by atoms with Crippen LogP contribution in [-0.2, 0) is 19.5 Å². The normalized spacial score (nSPS) is 14.9. The highest BCUT2D eigenvalue weighted by molar-refractivity contribution is 5.98. The van der Waals surface area contributed by atoms with Crippen LogP contribution in [0.2, 0.25) is 0 Å². The molecule has 0 saturated carbocycles. The van der Waals surface area contributed by atoms with E-state index in [9.17, 15) is 14.7 Å². The summed E-state index contributed by atoms with van der Waals surface area (Å²) in [6.07, 6.45) is 2.11. The number of fused-ring (bicyclic) bond motifs is 1. The molecule has 8 nitrogen and oxygen atoms in total. The van der Waals surface area contributed by atoms with Crippen molar-refractivity contribution < 1.29 is 19.1 Å². The molecule has 1 unspecified atom stereocenters. The summed E-state index contributed by atoms with van der Waals surface area (Å²) in [6, 6.07) is 11.9. The van der Waals surface area contributed by atoms with Crippen LogP contribution in [0.5, 0.6) is 11.5 Å². The lowest BCUT2D eigenvalue weighted by atomic mass is 10.1. The molecule has 1 N–H and O–H groups in total. The van der Waals surface area contributed by atoms with Gasteiger partial charge in [0.05, 0.1) is 19.4 Å². The second-order valence-corrected chi connectivity index (χ2v) is 8.33. The van der Waals surface area contributed by atoms with Gasteiger partial charge in [-0.2, -0.15) is 0 Å². The largest absolute Gasteiger partial charge is 0.508 e. The second-order valence-electron chi connectivity index (χ2n) is 8.33. The Morgan fingerprint density at radius 3 is 2.73 bits per heavy atom. The number of amides is 1. The highest BCUT2D eigenvalue weighted by atomic mass is 16.5. The van der Waals surface area contributed by atoms with Crippen LogP contribution in [0.1, 0.15) is 40.3 Å². The van der Waals surface area contributed by atoms with Crippen molar-refractivity contribution in [2.75, 3.05) is 27.2 Å². The first-order valence-corrected chi connectivity index (χ1v) is 11.0. The minimum Gasteiger partial charge on any atom is -0.508 e. The van der Waals surface area contributed by atoms with Gasteiger partial charge in [0.2, 0.25) is 0 Å². The Bertz CT molecular complexity index is 1190. The Kier molecular flexibility index (Phi) is 6.55. The average molecular weight is 452 g/mol. The monoisotopic (exact) mass is 451 g/mol. The maximum absolute atomic E-state index is 13.6. The van der Waals surface area contributed by atoms with Crippen molar-refractivity contribution in [1.29, 1.82) is 0 Å². The van der Waals surface area contributed by atoms with Crippen LogP contribution in [0, 0.1) is 0 Å². The van der Waals surface area contributed by atoms with Gasteiger partial charge in [0, 0.05) is 51.4 Å². The zero-order chi connectivity index (χ0) is 23.5. The first-order chi connectivity index (χ1) is 15.9. The number of carbonyl (C=O) groups excluding carboxylic acids is 1. The number of ether oxygens (including phenoxy) is 1. The van der Waals surface area contributed by atoms with Crippen molar-refractivity contribution >= 4 is 5.91 Å². The Hall–Kier alpha value is -3.52. The van der Waals surface area contributed by atoms with Gasteiger partial charge in [-0.25, -0.2) is 0 Å². The molecule has 0 fully saturated rings. The number of furan rings is 1. The van der Waals surface area contributed by atoms with Gasteiger partial charge in [-0.15, -0.1) is 0 Å². The van der Waals surface area contributed by atoms with Crippen molar-refractivity contribution in [2.45, 2.75) is 32.5 Å². The summed E-state index contributed by atoms with van der Waals surface area (Å²) in [4.78, 5) is 30.3. The van der Waals surface area contributed by atoms with E-state index in [0.29, 0.717) is 49.6 Å². The van der Waals surface area contributed by atoms with Crippen molar-refractivity contribution in [3.8, 4) is 11.5 Å². The molecule has 1 aliphatic rings. The minimum atomic E-state index is -0.280. The Labute approximate surface area is 192 Å². The molecule has 1 aromatic carbocycles. The molecule has 8 heteroatoms. The quantitative estimate of drug-likeness (QED) is 0.620. The lowest BCUT2D eigenvalue weighted by molar-refractivity contribution is 0.0720. The molecule has 33 heavy (non-hydrogen) atoms. The van der Waals surface area contributed by atoms with E-state index in [2.05, 4.69) is 4.90 Å². The molecule has 0 aliphatic carbocycles. The first-order valence-electron chi connectivity index (χ1n) is 11.0. The molecule has 1 atom stereocenters. The molecule has 1 aliphatic heterocycles. The summed E-state index contributed by atoms with van der Waals surface area (Å²) in [5.74, 6) is 0.978. The number of carbonyl (C=O) groups is 1. The summed E-state index contributed by atoms with van der Waals surface area (Å²) >= 11 is 0. The maximum Gasteiger partial charge on any atom is 0.259 e. The fourth-order valence-corrected chi connectivity index (χ4v) is 4.33. The van der Waals surface area contributed by atoms with Crippen LogP contribution >= 0.6 is 0 Å². The first kappa shape index (κ1) is 22.7. The fraction of sp³-hybridized carbons (Fsp3) is 0.360. The molecule has 0 spiro atoms. The van der Waals surface area contributed by atoms with Gasteiger partial charge < -0.3 is 23.7 Å². The summed E-state index contributed by atoms with van der Waals surface area (Å²) in [5.41, 5.74) is 1.91. The highest BCUT2D eigenvalue weighted by Crippen LogP contribution is 2.28. The van der Waals surface area contributed by atoms with Crippen molar-refractivity contribution in [3.05, 3.63) is 81.7 Å². The Morgan fingerprint density at radius 2 is 2.03 bits per heavy atom. The number of phenolic OH excluding ortho intramolecular Hbond substituents is 1. The highest BCUT2D eigenvalue weighted by Gasteiger charge is 2.29. The van der Waals surface area contributed by atoms with Gasteiger partial charge in [-0.05, 0) is 36.8 Å². The number of hydrogen-bond acceptors (Lipinski definition) is 6. The fourth-order valence-electron chi connectivity index (χ4n) is 4.33. The number of benzene rings is 1. The molecule has 4 rings (SSSR count). The van der Waals surface area contributed by atoms with Crippen molar-refractivity contribution in [3.63, 3.8) is 0 Å². The van der Waals surface area contributed by atoms with Gasteiger partial charge in [0.1, 0.15) is 22.8 Å². The Balaban J connectivity index is 1.64. The van der Waals surface area contributed by atoms with Crippen molar-refractivity contribution in [1.82, 2.24) is 14.4 Å². The average Bonchev–Trinajstić information content (AvgIpc) is 3.26. The van der Waals surface area contributed by atoms with Crippen LogP contribution in [0.25, 0.3) is 0 Å². The Morgan fingerprint density at radius 1 is 1.21 bits per heavy atom. The van der Waals surface area contributed by atoms with E-state index in [1.165, 1.54) is 13.2 Å². The number of hydrogen-bond donors (Lipinski definition) is 1. The van der Waals surface area contributed by atoms with E-state index >= 15 is 0 Å². The predicted molar refractivity (Wildman–Crippen MR) is 124 cm³/mol. The van der Waals surface area contributed by atoms with Crippen LogP contribution in [0.4, 0.5) is 0 Å². The van der Waals surface area contributed by atoms with Crippen LogP contribution in [-0.4, -0.2) is 52.6 Å². The molecular formula is C25H29N3O5. The van der Waals surface area contributed by atoms with Crippen LogP contribution < -0.4 is 10.3 Å². The topological polar surface area (TPSA) is 88.2 Å². The van der Waals surface area contributed by atoms with E-state index in [4.69, 9.17) is 9.15 Å². The summed E-state index contributed by atoms with van der Waals surface area (Å²) in [7, 11) is 3.20. The SMILES string of the molecule is COc1cc(=O)n2c(c1C(=O)N(C)C(C)c1ccco1)CCN(Cc1cccc(O)c1)CC2. The van der Waals surface area contributed by atoms with E-state index in [-0.39, 0.29) is 29.0 Å². The lowest BCUT2D eigenvalue weighted by Gasteiger charge is -2.26. The molecule has 174 valence electrons. The minimum absolute atomic E-state index is 0.181. The molecule has 0 bridgehead atoms. The van der Waals surface area contributed by atoms with Crippen LogP contribution in [0.3, 0.4) is 0 Å². The molecule has 3 heterocycles. The van der Waals surface area contributed by atoms with Crippen LogP contribution in [0.15, 0.2) is 57.9 Å². The number of aromatic nitrogens is 1. The number of rotatable bonds is 6. The number of methoxy groups -OCH3 is 1. The molecule has 3 aromatic rings. The van der Waals surface area contributed by atoms with Crippen molar-refractivity contribution in [2.24, 2.45) is 0 Å². The molecular weight excluding hydrogens is 422 g/mol. The van der Waals surface area contributed by atoms with Gasteiger partial charge in [0.25, 0.3) is 11.5 Å². The summed E-state index contributed by atoms with van der Waals surface area (Å²) in [6.45, 7) is 4.33. The lowest BCUT2D eigenvalue weighted by Crippen LogP contribution is -2.34. The zero-order valence-corrected chi connectivity index (χ0v) is 19.2. The second kappa shape index (κ2) is 9.54. The third kappa shape index (κ3) is 4.66. The molecule has 2 aromatic heterocycles. The number of nitrogens with zero attached hydrogens (tertiary/aromatic N) is 3.